The molecule has 2 N–H and O–H groups in total. The Kier molecular flexibility index (Phi) is 4.74. The molecule has 5 nitrogen and oxygen atoms in total. The smallest absolute Gasteiger partial charge is 0.319 e. The number of carbonyl (C=O) groups is 2. The van der Waals surface area contributed by atoms with Crippen LogP contribution in [0.1, 0.15) is 12.8 Å². The van der Waals surface area contributed by atoms with Crippen molar-refractivity contribution >= 4 is 23.3 Å². The van der Waals surface area contributed by atoms with Gasteiger partial charge in [-0.2, -0.15) is 0 Å². The highest BCUT2D eigenvalue weighted by molar-refractivity contribution is 6.01. The Hall–Kier alpha value is -2.89. The van der Waals surface area contributed by atoms with E-state index in [1.54, 1.807) is 11.0 Å². The Morgan fingerprint density at radius 3 is 2.67 bits per heavy atom. The van der Waals surface area contributed by atoms with Crippen LogP contribution in [0.3, 0.4) is 0 Å². The number of amides is 3. The van der Waals surface area contributed by atoms with Crippen molar-refractivity contribution in [2.75, 3.05) is 16.8 Å². The van der Waals surface area contributed by atoms with Crippen molar-refractivity contribution in [1.29, 1.82) is 0 Å². The van der Waals surface area contributed by atoms with Crippen LogP contribution in [0.2, 0.25) is 0 Å². The number of benzene rings is 2. The second kappa shape index (κ2) is 7.12. The molecule has 2 aromatic carbocycles. The van der Waals surface area contributed by atoms with Gasteiger partial charge in [0.2, 0.25) is 5.91 Å². The summed E-state index contributed by atoms with van der Waals surface area (Å²) < 4.78 is 13.1. The van der Waals surface area contributed by atoms with E-state index >= 15 is 0 Å². The Bertz CT molecular complexity index is 736. The summed E-state index contributed by atoms with van der Waals surface area (Å²) in [5, 5.41) is 5.22. The largest absolute Gasteiger partial charge is 0.326 e. The molecule has 6 heteroatoms. The topological polar surface area (TPSA) is 61.4 Å². The summed E-state index contributed by atoms with van der Waals surface area (Å²) in [5.41, 5.74) is 1.16. The molecular weight excluding hydrogens is 309 g/mol. The summed E-state index contributed by atoms with van der Waals surface area (Å²) in [6.07, 6.45) is 1.38. The number of urea groups is 1. The third-order valence-electron chi connectivity index (χ3n) is 3.89. The summed E-state index contributed by atoms with van der Waals surface area (Å²) in [5.74, 6) is -0.571. The summed E-state index contributed by atoms with van der Waals surface area (Å²) in [7, 11) is 0. The molecule has 1 aliphatic heterocycles. The van der Waals surface area contributed by atoms with E-state index in [9.17, 15) is 14.0 Å². The monoisotopic (exact) mass is 327 g/mol. The number of hydrogen-bond donors (Lipinski definition) is 2. The highest BCUT2D eigenvalue weighted by Crippen LogP contribution is 2.20. The molecule has 0 spiro atoms. The number of hydrogen-bond acceptors (Lipinski definition) is 2. The van der Waals surface area contributed by atoms with Gasteiger partial charge >= 0.3 is 6.03 Å². The summed E-state index contributed by atoms with van der Waals surface area (Å²) in [4.78, 5) is 26.3. The Morgan fingerprint density at radius 2 is 1.92 bits per heavy atom. The van der Waals surface area contributed by atoms with Crippen LogP contribution in [0, 0.1) is 5.82 Å². The van der Waals surface area contributed by atoms with Gasteiger partial charge in [-0.25, -0.2) is 9.18 Å². The van der Waals surface area contributed by atoms with Gasteiger partial charge in [0, 0.05) is 17.9 Å². The molecule has 0 bridgehead atoms. The van der Waals surface area contributed by atoms with Crippen LogP contribution in [-0.2, 0) is 4.79 Å². The maximum atomic E-state index is 13.1. The second-order valence-corrected chi connectivity index (χ2v) is 5.63. The minimum absolute atomic E-state index is 0.137. The van der Waals surface area contributed by atoms with Gasteiger partial charge in [-0.15, -0.1) is 0 Å². The highest BCUT2D eigenvalue weighted by atomic mass is 19.1. The summed E-state index contributed by atoms with van der Waals surface area (Å²) in [6, 6.07) is 13.9. The molecule has 0 radical (unpaired) electrons. The third kappa shape index (κ3) is 3.71. The molecule has 1 heterocycles. The zero-order chi connectivity index (χ0) is 16.9. The van der Waals surface area contributed by atoms with Crippen molar-refractivity contribution in [2.45, 2.75) is 18.9 Å². The van der Waals surface area contributed by atoms with Crippen LogP contribution in [0.5, 0.6) is 0 Å². The molecule has 3 rings (SSSR count). The van der Waals surface area contributed by atoms with Crippen molar-refractivity contribution in [3.05, 3.63) is 60.4 Å². The van der Waals surface area contributed by atoms with Crippen molar-refractivity contribution in [3.8, 4) is 0 Å². The van der Waals surface area contributed by atoms with Gasteiger partial charge in [-0.05, 0) is 43.2 Å². The molecule has 24 heavy (non-hydrogen) atoms. The first-order valence-corrected chi connectivity index (χ1v) is 7.83. The van der Waals surface area contributed by atoms with Crippen molar-refractivity contribution in [3.63, 3.8) is 0 Å². The zero-order valence-corrected chi connectivity index (χ0v) is 13.0. The first-order valence-electron chi connectivity index (χ1n) is 7.83. The lowest BCUT2D eigenvalue weighted by atomic mass is 10.0. The zero-order valence-electron chi connectivity index (χ0n) is 13.0. The SMILES string of the molecule is O=C(Nc1cccc(F)c1)NC1CCCN(c2ccccc2)C1=O. The van der Waals surface area contributed by atoms with Crippen molar-refractivity contribution in [1.82, 2.24) is 5.32 Å². The number of para-hydroxylation sites is 1. The van der Waals surface area contributed by atoms with Crippen LogP contribution in [0.25, 0.3) is 0 Å². The van der Waals surface area contributed by atoms with Gasteiger partial charge in [0.05, 0.1) is 0 Å². The number of nitrogens with zero attached hydrogens (tertiary/aromatic N) is 1. The van der Waals surface area contributed by atoms with E-state index in [0.29, 0.717) is 18.7 Å². The first kappa shape index (κ1) is 16.0. The average Bonchev–Trinajstić information content (AvgIpc) is 2.57. The predicted molar refractivity (Wildman–Crippen MR) is 90.4 cm³/mol. The van der Waals surface area contributed by atoms with Crippen LogP contribution >= 0.6 is 0 Å². The number of nitrogens with one attached hydrogen (secondary N) is 2. The Labute approximate surface area is 139 Å². The fourth-order valence-electron chi connectivity index (χ4n) is 2.77. The summed E-state index contributed by atoms with van der Waals surface area (Å²) >= 11 is 0. The molecule has 0 aromatic heterocycles. The molecule has 0 aliphatic carbocycles. The molecule has 1 fully saturated rings. The van der Waals surface area contributed by atoms with E-state index in [1.807, 2.05) is 30.3 Å². The minimum atomic E-state index is -0.590. The Balaban J connectivity index is 1.64. The molecular formula is C18H18FN3O2. The second-order valence-electron chi connectivity index (χ2n) is 5.63. The number of halogens is 1. The van der Waals surface area contributed by atoms with Crippen molar-refractivity contribution in [2.24, 2.45) is 0 Å². The van der Waals surface area contributed by atoms with Crippen LogP contribution in [0.15, 0.2) is 54.6 Å². The quantitative estimate of drug-likeness (QED) is 0.910. The van der Waals surface area contributed by atoms with E-state index in [1.165, 1.54) is 18.2 Å². The van der Waals surface area contributed by atoms with E-state index in [2.05, 4.69) is 10.6 Å². The minimum Gasteiger partial charge on any atom is -0.326 e. The van der Waals surface area contributed by atoms with Gasteiger partial charge in [-0.3, -0.25) is 4.79 Å². The van der Waals surface area contributed by atoms with Gasteiger partial charge in [0.25, 0.3) is 0 Å². The van der Waals surface area contributed by atoms with Crippen molar-refractivity contribution < 1.29 is 14.0 Å². The summed E-state index contributed by atoms with van der Waals surface area (Å²) in [6.45, 7) is 0.631. The van der Waals surface area contributed by atoms with Crippen LogP contribution in [-0.4, -0.2) is 24.5 Å². The molecule has 124 valence electrons. The van der Waals surface area contributed by atoms with Crippen LogP contribution < -0.4 is 15.5 Å². The number of rotatable bonds is 3. The standard InChI is InChI=1S/C18H18FN3O2/c19-13-6-4-7-14(12-13)20-18(24)21-16-10-5-11-22(17(16)23)15-8-2-1-3-9-15/h1-4,6-9,12,16H,5,10-11H2,(H2,20,21,24). The van der Waals surface area contributed by atoms with Gasteiger partial charge < -0.3 is 15.5 Å². The molecule has 1 atom stereocenters. The molecule has 3 amide bonds. The number of anilines is 2. The van der Waals surface area contributed by atoms with E-state index in [-0.39, 0.29) is 5.91 Å². The Morgan fingerprint density at radius 1 is 1.12 bits per heavy atom. The normalized spacial score (nSPS) is 17.5. The van der Waals surface area contributed by atoms with E-state index < -0.39 is 17.9 Å². The average molecular weight is 327 g/mol. The fraction of sp³-hybridized carbons (Fsp3) is 0.222. The maximum Gasteiger partial charge on any atom is 0.319 e. The lowest BCUT2D eigenvalue weighted by Crippen LogP contribution is -2.53. The maximum absolute atomic E-state index is 13.1. The number of piperidine rings is 1. The predicted octanol–water partition coefficient (Wildman–Crippen LogP) is 3.14. The molecule has 0 saturated carbocycles. The van der Waals surface area contributed by atoms with E-state index in [4.69, 9.17) is 0 Å². The third-order valence-corrected chi connectivity index (χ3v) is 3.89. The molecule has 1 saturated heterocycles. The van der Waals surface area contributed by atoms with Crippen LogP contribution in [0.4, 0.5) is 20.6 Å². The lowest BCUT2D eigenvalue weighted by Gasteiger charge is -2.32. The highest BCUT2D eigenvalue weighted by Gasteiger charge is 2.30. The van der Waals surface area contributed by atoms with Gasteiger partial charge in [0.1, 0.15) is 11.9 Å². The molecule has 2 aromatic rings. The molecule has 1 unspecified atom stereocenters. The van der Waals surface area contributed by atoms with Gasteiger partial charge in [0.15, 0.2) is 0 Å². The molecule has 1 aliphatic rings. The first-order chi connectivity index (χ1) is 11.6. The van der Waals surface area contributed by atoms with Gasteiger partial charge in [-0.1, -0.05) is 24.3 Å². The fourth-order valence-corrected chi connectivity index (χ4v) is 2.77. The van der Waals surface area contributed by atoms with E-state index in [0.717, 1.165) is 12.1 Å². The lowest BCUT2D eigenvalue weighted by molar-refractivity contribution is -0.121. The number of carbonyl (C=O) groups excluding carboxylic acids is 2.